The number of ether oxygens (including phenoxy) is 1. The number of unbranched alkanes of at least 4 members (excludes halogenated alkanes) is 2. The Bertz CT molecular complexity index is 5100. The minimum atomic E-state index is -4.72. The molecule has 0 atom stereocenters. The number of fused-ring (bicyclic) bond motifs is 6. The number of hydrogen-bond acceptors (Lipinski definition) is 17. The number of nitrogens with two attached hydrogens (primary N) is 3. The van der Waals surface area contributed by atoms with E-state index in [2.05, 4.69) is 20.4 Å². The molecule has 0 bridgehead atoms. The molecule has 0 saturated carbocycles. The number of nitrogens with zero attached hydrogens (tertiary/aromatic N) is 4. The van der Waals surface area contributed by atoms with E-state index in [1.54, 1.807) is 83.5 Å². The third-order valence-corrected chi connectivity index (χ3v) is 17.6. The van der Waals surface area contributed by atoms with Gasteiger partial charge in [0.05, 0.1) is 45.9 Å². The molecule has 472 valence electrons. The van der Waals surface area contributed by atoms with E-state index in [0.29, 0.717) is 103 Å². The summed E-state index contributed by atoms with van der Waals surface area (Å²) in [7, 11) is -3.84. The van der Waals surface area contributed by atoms with Crippen molar-refractivity contribution in [1.29, 1.82) is 0 Å². The van der Waals surface area contributed by atoms with Gasteiger partial charge in [-0.25, -0.2) is 38.9 Å². The van der Waals surface area contributed by atoms with Crippen LogP contribution in [0.15, 0.2) is 201 Å². The number of carbonyl (C=O) groups excluding carboxylic acids is 1. The van der Waals surface area contributed by atoms with Crippen LogP contribution in [0.25, 0.3) is 79.0 Å². The first-order chi connectivity index (χ1) is 44.0. The van der Waals surface area contributed by atoms with Gasteiger partial charge in [0.15, 0.2) is 6.54 Å². The molecule has 5 aliphatic rings. The Hall–Kier alpha value is -9.97. The zero-order valence-corrected chi connectivity index (χ0v) is 52.9. The van der Waals surface area contributed by atoms with E-state index in [1.165, 1.54) is 29.3 Å². The number of aromatic carboxylic acids is 1. The fourth-order valence-corrected chi connectivity index (χ4v) is 12.5. The van der Waals surface area contributed by atoms with Gasteiger partial charge in [-0.1, -0.05) is 118 Å². The second-order valence-electron chi connectivity index (χ2n) is 22.3. The summed E-state index contributed by atoms with van der Waals surface area (Å²) in [6.07, 6.45) is 3.91. The Morgan fingerprint density at radius 2 is 1.13 bits per heavy atom. The minimum Gasteiger partial charge on any atom is -0.744 e. The molecule has 19 nitrogen and oxygen atoms in total. The van der Waals surface area contributed by atoms with Crippen molar-refractivity contribution in [3.63, 3.8) is 0 Å². The summed E-state index contributed by atoms with van der Waals surface area (Å²) in [6, 6.07) is 52.4. The SMILES string of the molecule is C=c1ccc2c(c1)Oc1cc(CO)ccc1C=2c1ccccc1C(=O)[O-].CCCCN(N)c1ccc2c(-c3ccccc3S(=O)(=O)[O-])c3cc/c(=[N+](\N)CCCC)cc-3oc2c1.CN(N)c1ccc2c(-c3ccccc3S(=O)(=O)[O-])c3ccc(=[N+](C)C)cc-3oc2c1. The minimum absolute atomic E-state index is 0.107. The summed E-state index contributed by atoms with van der Waals surface area (Å²) in [5, 5.41) is 28.8. The van der Waals surface area contributed by atoms with Crippen molar-refractivity contribution in [1.82, 2.24) is 9.26 Å². The van der Waals surface area contributed by atoms with Crippen LogP contribution in [-0.4, -0.2) is 71.2 Å². The van der Waals surface area contributed by atoms with E-state index < -0.39 is 26.2 Å². The lowest BCUT2D eigenvalue weighted by molar-refractivity contribution is -0.255. The van der Waals surface area contributed by atoms with Gasteiger partial charge in [-0.15, -0.1) is 4.68 Å². The fraction of sp³-hybridized carbons (Fsp3) is 0.169. The molecule has 0 amide bonds. The smallest absolute Gasteiger partial charge is 0.232 e. The lowest BCUT2D eigenvalue weighted by atomic mass is 9.89. The van der Waals surface area contributed by atoms with Gasteiger partial charge in [0.25, 0.3) is 0 Å². The van der Waals surface area contributed by atoms with Crippen molar-refractivity contribution < 1.29 is 54.5 Å². The van der Waals surface area contributed by atoms with Crippen LogP contribution < -0.4 is 67.8 Å². The molecule has 7 aromatic carbocycles. The van der Waals surface area contributed by atoms with E-state index in [-0.39, 0.29) is 22.0 Å². The average molecular weight is 1280 g/mol. The van der Waals surface area contributed by atoms with Crippen molar-refractivity contribution in [3.05, 3.63) is 225 Å². The Morgan fingerprint density at radius 1 is 0.598 bits per heavy atom. The maximum Gasteiger partial charge on any atom is 0.232 e. The maximum absolute atomic E-state index is 12.2. The number of hydrogen-bond donors (Lipinski definition) is 4. The summed E-state index contributed by atoms with van der Waals surface area (Å²) in [5.74, 6) is 19.4. The molecule has 0 saturated heterocycles. The van der Waals surface area contributed by atoms with E-state index in [1.807, 2.05) is 110 Å². The number of rotatable bonds is 15. The van der Waals surface area contributed by atoms with E-state index >= 15 is 0 Å². The monoisotopic (exact) mass is 1270 g/mol. The number of carbonyl (C=O) groups is 1. The van der Waals surface area contributed by atoms with Crippen molar-refractivity contribution in [2.45, 2.75) is 55.9 Å². The van der Waals surface area contributed by atoms with Crippen LogP contribution in [0.2, 0.25) is 0 Å². The van der Waals surface area contributed by atoms with Crippen LogP contribution in [0.4, 0.5) is 11.4 Å². The third kappa shape index (κ3) is 13.7. The van der Waals surface area contributed by atoms with Gasteiger partial charge in [0, 0.05) is 110 Å². The Balaban J connectivity index is 0.000000153. The van der Waals surface area contributed by atoms with Crippen LogP contribution in [0.3, 0.4) is 0 Å². The van der Waals surface area contributed by atoms with Crippen molar-refractivity contribution >= 4 is 71.7 Å². The van der Waals surface area contributed by atoms with E-state index in [0.717, 1.165) is 69.3 Å². The van der Waals surface area contributed by atoms with Crippen molar-refractivity contribution in [3.8, 4) is 56.4 Å². The van der Waals surface area contributed by atoms with Gasteiger partial charge in [-0.05, 0) is 83.4 Å². The molecular formula is C71H68N7O12S2-. The Morgan fingerprint density at radius 3 is 1.68 bits per heavy atom. The molecule has 0 spiro atoms. The Labute approximate surface area is 532 Å². The number of aliphatic hydroxyl groups excluding tert-OH is 1. The summed E-state index contributed by atoms with van der Waals surface area (Å²) in [6.45, 7) is 9.39. The maximum atomic E-state index is 12.2. The van der Waals surface area contributed by atoms with Gasteiger partial charge in [-0.2, -0.15) is 0 Å². The summed E-state index contributed by atoms with van der Waals surface area (Å²) >= 11 is 0. The van der Waals surface area contributed by atoms with Crippen LogP contribution in [0.5, 0.6) is 11.5 Å². The zero-order chi connectivity index (χ0) is 65.8. The van der Waals surface area contributed by atoms with Crippen molar-refractivity contribution in [2.75, 3.05) is 44.3 Å². The highest BCUT2D eigenvalue weighted by Gasteiger charge is 2.26. The average Bonchev–Trinajstić information content (AvgIpc) is 0.774. The summed E-state index contributed by atoms with van der Waals surface area (Å²) in [5.41, 5.74) is 8.73. The lowest BCUT2D eigenvalue weighted by Crippen LogP contribution is -2.36. The number of hydrazine groups is 3. The molecule has 0 unspecified atom stereocenters. The third-order valence-electron chi connectivity index (χ3n) is 15.8. The second kappa shape index (κ2) is 27.2. The molecule has 3 heterocycles. The number of carboxylic acids is 1. The lowest BCUT2D eigenvalue weighted by Gasteiger charge is -2.23. The normalized spacial score (nSPS) is 12.3. The molecule has 3 aliphatic heterocycles. The molecule has 92 heavy (non-hydrogen) atoms. The molecule has 21 heteroatoms. The first-order valence-electron chi connectivity index (χ1n) is 29.5. The molecule has 0 radical (unpaired) electrons. The van der Waals surface area contributed by atoms with Gasteiger partial charge < -0.3 is 47.7 Å². The molecule has 0 aromatic heterocycles. The fourth-order valence-electron chi connectivity index (χ4n) is 11.1. The molecule has 7 aromatic rings. The molecule has 2 aliphatic carbocycles. The van der Waals surface area contributed by atoms with Crippen LogP contribution >= 0.6 is 0 Å². The second-order valence-corrected chi connectivity index (χ2v) is 25.0. The Kier molecular flexibility index (Phi) is 19.2. The van der Waals surface area contributed by atoms with Crippen LogP contribution in [0, 0.1) is 0 Å². The number of carboxylic acid groups (broad SMARTS) is 1. The predicted octanol–water partition coefficient (Wildman–Crippen LogP) is 7.79. The van der Waals surface area contributed by atoms with Gasteiger partial charge in [0.1, 0.15) is 68.5 Å². The predicted molar refractivity (Wildman–Crippen MR) is 354 cm³/mol. The van der Waals surface area contributed by atoms with Crippen LogP contribution in [0.1, 0.15) is 66.6 Å². The first kappa shape index (κ1) is 65.0. The number of aliphatic hydroxyl groups is 1. The summed E-state index contributed by atoms with van der Waals surface area (Å²) in [4.78, 5) is 11.1. The van der Waals surface area contributed by atoms with Gasteiger partial charge >= 0.3 is 0 Å². The highest BCUT2D eigenvalue weighted by atomic mass is 32.2. The van der Waals surface area contributed by atoms with E-state index in [9.17, 15) is 40.9 Å². The highest BCUT2D eigenvalue weighted by Crippen LogP contribution is 2.45. The quantitative estimate of drug-likeness (QED) is 0.0250. The molecule has 12 rings (SSSR count). The number of anilines is 2. The van der Waals surface area contributed by atoms with Gasteiger partial charge in [0.2, 0.25) is 10.7 Å². The van der Waals surface area contributed by atoms with E-state index in [4.69, 9.17) is 31.1 Å². The van der Waals surface area contributed by atoms with Crippen LogP contribution in [-0.2, 0) is 26.8 Å². The summed E-state index contributed by atoms with van der Waals surface area (Å²) < 4.78 is 94.6. The zero-order valence-electron chi connectivity index (χ0n) is 51.3. The van der Waals surface area contributed by atoms with Crippen molar-refractivity contribution in [2.24, 2.45) is 17.5 Å². The highest BCUT2D eigenvalue weighted by molar-refractivity contribution is 7.86. The topological polar surface area (TPSA) is 301 Å². The largest absolute Gasteiger partial charge is 0.744 e. The number of benzene rings is 9. The molecule has 7 N–H and O–H groups in total. The molecule has 0 fully saturated rings. The molecular weight excluding hydrogens is 1210 g/mol. The first-order valence-corrected chi connectivity index (χ1v) is 32.3. The standard InChI is InChI=1S/C27H32N4O4S.C22H21N3O4S.C22H16O4/c1-3-5-15-30(28)19-11-13-21-24(17-19)35-25-18-20(31(29)16-6-4-2)12-14-22(25)27(21)23-9-7-8-10-26(23)36(32,33)34;1-24(2)14-8-10-16-19(12-14)29-20-13-15(25(3)23)9-11-17(20)22(16)18-6-4-5-7-21(18)30(26,27)28;1-13-6-8-17-19(10-13)26-20-11-14(12-23)7-9-18(20)21(17)15-4-2-3-5-16(15)22(24)25/h7-14,17-18H,3-6,15-16,28-29H2,1-2H3;4-13H,23H2,1-3H3;2-11,23H,1,12H2,(H,24,25)/p-1. The van der Waals surface area contributed by atoms with Gasteiger partial charge in [-0.3, -0.25) is 0 Å².